The molecule has 0 radical (unpaired) electrons. The molecule has 0 amide bonds. The molecule has 0 spiro atoms. The molecule has 2 aliphatic rings. The van der Waals surface area contributed by atoms with Gasteiger partial charge in [0.1, 0.15) is 24.2 Å². The molecule has 1 fully saturated rings. The molecule has 1 atom stereocenters. The molecule has 1 aliphatic carbocycles. The van der Waals surface area contributed by atoms with Crippen LogP contribution in [-0.4, -0.2) is 67.1 Å². The fourth-order valence-corrected chi connectivity index (χ4v) is 6.56. The van der Waals surface area contributed by atoms with Crippen molar-refractivity contribution in [3.63, 3.8) is 0 Å². The fraction of sp³-hybridized carbons (Fsp3) is 0.412. The van der Waals surface area contributed by atoms with E-state index in [0.717, 1.165) is 71.6 Å². The Kier molecular flexibility index (Phi) is 9.95. The molecule has 43 heavy (non-hydrogen) atoms. The normalized spacial score (nSPS) is 16.4. The first-order chi connectivity index (χ1) is 20.8. The summed E-state index contributed by atoms with van der Waals surface area (Å²) in [6.45, 7) is 3.74. The van der Waals surface area contributed by atoms with Gasteiger partial charge >= 0.3 is 0 Å². The Bertz CT molecular complexity index is 1540. The molecular formula is C34H41NO7S. The zero-order chi connectivity index (χ0) is 30.4. The van der Waals surface area contributed by atoms with Gasteiger partial charge in [-0.1, -0.05) is 30.7 Å². The fourth-order valence-electron chi connectivity index (χ4n) is 6.01. The summed E-state index contributed by atoms with van der Waals surface area (Å²) in [6, 6.07) is 19.2. The SMILES string of the molecule is COc1ccc2c(c1)CCC(c1ccc(OC)c(OC)c1)=C2C(OS(C)(=O)=O)c1ccc(OCCN2CCCCC2)cc1. The molecule has 8 nitrogen and oxygen atoms in total. The van der Waals surface area contributed by atoms with Crippen LogP contribution in [0, 0.1) is 0 Å². The first-order valence-electron chi connectivity index (χ1n) is 14.8. The topological polar surface area (TPSA) is 83.5 Å². The van der Waals surface area contributed by atoms with Crippen molar-refractivity contribution in [2.24, 2.45) is 0 Å². The second-order valence-corrected chi connectivity index (χ2v) is 12.6. The molecule has 1 heterocycles. The van der Waals surface area contributed by atoms with Crippen molar-refractivity contribution in [3.05, 3.63) is 82.9 Å². The van der Waals surface area contributed by atoms with Gasteiger partial charge in [-0.2, -0.15) is 8.42 Å². The third kappa shape index (κ3) is 7.52. The molecule has 3 aromatic rings. The quantitative estimate of drug-likeness (QED) is 0.227. The Morgan fingerprint density at radius 3 is 2.19 bits per heavy atom. The van der Waals surface area contributed by atoms with E-state index in [4.69, 9.17) is 23.1 Å². The molecule has 0 aromatic heterocycles. The van der Waals surface area contributed by atoms with Gasteiger partial charge in [-0.25, -0.2) is 0 Å². The van der Waals surface area contributed by atoms with Crippen LogP contribution in [0.15, 0.2) is 60.7 Å². The average Bonchev–Trinajstić information content (AvgIpc) is 3.03. The van der Waals surface area contributed by atoms with E-state index >= 15 is 0 Å². The van der Waals surface area contributed by atoms with Gasteiger partial charge in [0.25, 0.3) is 10.1 Å². The Morgan fingerprint density at radius 2 is 1.51 bits per heavy atom. The smallest absolute Gasteiger partial charge is 0.265 e. The number of allylic oxidation sites excluding steroid dienone is 1. The van der Waals surface area contributed by atoms with E-state index in [9.17, 15) is 8.42 Å². The molecule has 5 rings (SSSR count). The zero-order valence-corrected chi connectivity index (χ0v) is 26.2. The summed E-state index contributed by atoms with van der Waals surface area (Å²) in [7, 11) is 1.00. The first-order valence-corrected chi connectivity index (χ1v) is 16.6. The van der Waals surface area contributed by atoms with Gasteiger partial charge in [0.05, 0.1) is 27.6 Å². The molecule has 230 valence electrons. The van der Waals surface area contributed by atoms with Crippen LogP contribution < -0.4 is 18.9 Å². The third-order valence-corrected chi connectivity index (χ3v) is 8.69. The molecule has 1 aliphatic heterocycles. The number of piperidine rings is 1. The van der Waals surface area contributed by atoms with Crippen molar-refractivity contribution < 1.29 is 31.5 Å². The minimum absolute atomic E-state index is 0.596. The van der Waals surface area contributed by atoms with Crippen molar-refractivity contribution in [2.75, 3.05) is 53.8 Å². The van der Waals surface area contributed by atoms with Crippen molar-refractivity contribution in [1.82, 2.24) is 4.90 Å². The maximum Gasteiger partial charge on any atom is 0.265 e. The minimum Gasteiger partial charge on any atom is -0.497 e. The molecular weight excluding hydrogens is 566 g/mol. The maximum absolute atomic E-state index is 12.7. The van der Waals surface area contributed by atoms with Gasteiger partial charge in [0, 0.05) is 6.54 Å². The summed E-state index contributed by atoms with van der Waals surface area (Å²) < 4.78 is 54.0. The molecule has 0 bridgehead atoms. The van der Waals surface area contributed by atoms with E-state index in [1.165, 1.54) is 19.3 Å². The number of nitrogens with zero attached hydrogens (tertiary/aromatic N) is 1. The van der Waals surface area contributed by atoms with E-state index in [-0.39, 0.29) is 0 Å². The van der Waals surface area contributed by atoms with Crippen molar-refractivity contribution in [3.8, 4) is 23.0 Å². The van der Waals surface area contributed by atoms with Gasteiger partial charge in [-0.15, -0.1) is 0 Å². The highest BCUT2D eigenvalue weighted by atomic mass is 32.2. The van der Waals surface area contributed by atoms with Crippen LogP contribution in [-0.2, 0) is 20.7 Å². The molecule has 3 aromatic carbocycles. The number of methoxy groups -OCH3 is 3. The van der Waals surface area contributed by atoms with Crippen LogP contribution in [0.4, 0.5) is 0 Å². The number of rotatable bonds is 12. The molecule has 1 unspecified atom stereocenters. The highest BCUT2D eigenvalue weighted by molar-refractivity contribution is 7.86. The summed E-state index contributed by atoms with van der Waals surface area (Å²) >= 11 is 0. The number of benzene rings is 3. The van der Waals surface area contributed by atoms with Gasteiger partial charge in [0.15, 0.2) is 11.5 Å². The summed E-state index contributed by atoms with van der Waals surface area (Å²) in [5.74, 6) is 2.70. The van der Waals surface area contributed by atoms with Gasteiger partial charge < -0.3 is 18.9 Å². The summed E-state index contributed by atoms with van der Waals surface area (Å²) in [5.41, 5.74) is 5.39. The van der Waals surface area contributed by atoms with Crippen molar-refractivity contribution in [2.45, 2.75) is 38.2 Å². The van der Waals surface area contributed by atoms with Crippen LogP contribution in [0.2, 0.25) is 0 Å². The number of hydrogen-bond donors (Lipinski definition) is 0. The summed E-state index contributed by atoms with van der Waals surface area (Å²) in [6.07, 6.45) is 5.43. The van der Waals surface area contributed by atoms with E-state index in [2.05, 4.69) is 4.90 Å². The second-order valence-electron chi connectivity index (χ2n) is 11.0. The Morgan fingerprint density at radius 1 is 0.791 bits per heavy atom. The van der Waals surface area contributed by atoms with E-state index in [0.29, 0.717) is 30.1 Å². The molecule has 0 N–H and O–H groups in total. The number of aryl methyl sites for hydroxylation is 1. The lowest BCUT2D eigenvalue weighted by molar-refractivity contribution is 0.183. The van der Waals surface area contributed by atoms with Gasteiger partial charge in [-0.05, 0) is 109 Å². The minimum atomic E-state index is -3.84. The summed E-state index contributed by atoms with van der Waals surface area (Å²) in [5, 5.41) is 0. The number of ether oxygens (including phenoxy) is 4. The van der Waals surface area contributed by atoms with Crippen LogP contribution in [0.5, 0.6) is 23.0 Å². The van der Waals surface area contributed by atoms with Gasteiger partial charge in [0.2, 0.25) is 0 Å². The lowest BCUT2D eigenvalue weighted by Crippen LogP contribution is -2.33. The Balaban J connectivity index is 1.55. The highest BCUT2D eigenvalue weighted by Crippen LogP contribution is 2.47. The largest absolute Gasteiger partial charge is 0.497 e. The first kappa shape index (κ1) is 30.9. The van der Waals surface area contributed by atoms with Crippen LogP contribution in [0.25, 0.3) is 11.1 Å². The average molecular weight is 608 g/mol. The van der Waals surface area contributed by atoms with Crippen molar-refractivity contribution >= 4 is 21.3 Å². The van der Waals surface area contributed by atoms with E-state index in [1.807, 2.05) is 60.7 Å². The predicted molar refractivity (Wildman–Crippen MR) is 169 cm³/mol. The number of fused-ring (bicyclic) bond motifs is 1. The molecule has 1 saturated heterocycles. The summed E-state index contributed by atoms with van der Waals surface area (Å²) in [4.78, 5) is 2.44. The van der Waals surface area contributed by atoms with E-state index < -0.39 is 16.2 Å². The third-order valence-electron chi connectivity index (χ3n) is 8.15. The number of likely N-dealkylation sites (tertiary alicyclic amines) is 1. The van der Waals surface area contributed by atoms with Crippen LogP contribution in [0.3, 0.4) is 0 Å². The maximum atomic E-state index is 12.7. The zero-order valence-electron chi connectivity index (χ0n) is 25.4. The van der Waals surface area contributed by atoms with Gasteiger partial charge in [-0.3, -0.25) is 9.08 Å². The predicted octanol–water partition coefficient (Wildman–Crippen LogP) is 6.15. The molecule has 9 heteroatoms. The van der Waals surface area contributed by atoms with E-state index in [1.54, 1.807) is 21.3 Å². The molecule has 0 saturated carbocycles. The lowest BCUT2D eigenvalue weighted by atomic mass is 9.79. The number of hydrogen-bond acceptors (Lipinski definition) is 8. The van der Waals surface area contributed by atoms with Crippen LogP contribution in [0.1, 0.15) is 54.0 Å². The Hall–Kier alpha value is -3.53. The highest BCUT2D eigenvalue weighted by Gasteiger charge is 2.31. The second kappa shape index (κ2) is 13.8. The van der Waals surface area contributed by atoms with Crippen LogP contribution >= 0.6 is 0 Å². The standard InChI is InChI=1S/C34H41NO7S/c1-38-28-14-16-30-25(22-28)10-15-29(26-11-17-31(39-2)32(23-26)40-3)33(30)34(42-43(4,36)37)24-8-12-27(13-9-24)41-21-20-35-18-6-5-7-19-35/h8-9,11-14,16-17,22-23,34H,5-7,10,15,18-21H2,1-4H3. The Labute approximate surface area is 255 Å². The monoisotopic (exact) mass is 607 g/mol. The lowest BCUT2D eigenvalue weighted by Gasteiger charge is -2.30. The van der Waals surface area contributed by atoms with Crippen molar-refractivity contribution in [1.29, 1.82) is 0 Å².